The molecule has 0 radical (unpaired) electrons. The summed E-state index contributed by atoms with van der Waals surface area (Å²) in [5.74, 6) is 0.579. The normalized spacial score (nSPS) is 18.6. The number of pyridine rings is 1. The van der Waals surface area contributed by atoms with Crippen LogP contribution in [-0.4, -0.2) is 51.4 Å². The lowest BCUT2D eigenvalue weighted by Gasteiger charge is -2.38. The van der Waals surface area contributed by atoms with Crippen LogP contribution in [0.2, 0.25) is 5.02 Å². The number of rotatable bonds is 7. The number of ether oxygens (including phenoxy) is 1. The summed E-state index contributed by atoms with van der Waals surface area (Å²) in [4.78, 5) is 10.1. The number of hydrogen-bond acceptors (Lipinski definition) is 4. The number of H-pyrrole nitrogens is 1. The number of fused-ring (bicyclic) bond motifs is 2. The minimum atomic E-state index is -4.85. The van der Waals surface area contributed by atoms with Gasteiger partial charge in [0.05, 0.1) is 23.3 Å². The summed E-state index contributed by atoms with van der Waals surface area (Å²) in [7, 11) is 0. The number of piperidine rings is 1. The lowest BCUT2D eigenvalue weighted by atomic mass is 9.73. The van der Waals surface area contributed by atoms with Crippen LogP contribution < -0.4 is 4.74 Å². The lowest BCUT2D eigenvalue weighted by Crippen LogP contribution is -2.51. The molecule has 2 N–H and O–H groups in total. The maximum Gasteiger partial charge on any atom is 0.417 e. The highest BCUT2D eigenvalue weighted by Gasteiger charge is 2.56. The van der Waals surface area contributed by atoms with E-state index in [1.165, 1.54) is 19.3 Å². The molecule has 3 aromatic rings. The Balaban J connectivity index is 1.41. The molecule has 0 spiro atoms. The second-order valence-corrected chi connectivity index (χ2v) is 11.6. The Labute approximate surface area is 220 Å². The van der Waals surface area contributed by atoms with Crippen LogP contribution in [0.15, 0.2) is 30.3 Å². The molecule has 2 aliphatic rings. The molecule has 4 heterocycles. The second kappa shape index (κ2) is 9.79. The van der Waals surface area contributed by atoms with Crippen molar-refractivity contribution >= 4 is 22.6 Å². The van der Waals surface area contributed by atoms with Gasteiger partial charge in [-0.2, -0.15) is 13.2 Å². The topological polar surface area (TPSA) is 61.4 Å². The molecule has 0 amide bonds. The standard InChI is InChI=1S/C28H33ClF3N3O2/c1-26(2,22-13-19(29)12-18-8-11-37-25(18)22)17-27(36,28(30,31)32)15-21-14-24-23(34-21)7-6-20(33-24)16-35-9-4-3-5-10-35/h6-7,12-14,34,36H,3-5,8-11,15-17H2,1-2H3. The van der Waals surface area contributed by atoms with Crippen LogP contribution in [-0.2, 0) is 24.8 Å². The van der Waals surface area contributed by atoms with Crippen molar-refractivity contribution in [1.29, 1.82) is 0 Å². The van der Waals surface area contributed by atoms with Gasteiger partial charge in [0.1, 0.15) is 5.75 Å². The van der Waals surface area contributed by atoms with Gasteiger partial charge in [0, 0.05) is 35.7 Å². The van der Waals surface area contributed by atoms with E-state index in [2.05, 4.69) is 14.9 Å². The van der Waals surface area contributed by atoms with E-state index in [-0.39, 0.29) is 0 Å². The zero-order valence-corrected chi connectivity index (χ0v) is 22.0. The first kappa shape index (κ1) is 26.3. The highest BCUT2D eigenvalue weighted by Crippen LogP contribution is 2.47. The van der Waals surface area contributed by atoms with Crippen molar-refractivity contribution in [3.63, 3.8) is 0 Å². The SMILES string of the molecule is CC(C)(CC(O)(Cc1cc2nc(CN3CCCCC3)ccc2[nH]1)C(F)(F)F)c1cc(Cl)cc2c1OCC2. The number of likely N-dealkylation sites (tertiary alicyclic amines) is 1. The van der Waals surface area contributed by atoms with Gasteiger partial charge in [0.25, 0.3) is 0 Å². The summed E-state index contributed by atoms with van der Waals surface area (Å²) in [5.41, 5.74) is -0.125. The molecule has 37 heavy (non-hydrogen) atoms. The Kier molecular flexibility index (Phi) is 6.96. The zero-order valence-electron chi connectivity index (χ0n) is 21.2. The number of aromatic amines is 1. The average Bonchev–Trinajstić information content (AvgIpc) is 3.43. The van der Waals surface area contributed by atoms with E-state index in [1.54, 1.807) is 32.0 Å². The number of alkyl halides is 3. The molecule has 1 aromatic carbocycles. The van der Waals surface area contributed by atoms with Gasteiger partial charge in [-0.15, -0.1) is 0 Å². The molecule has 1 atom stereocenters. The van der Waals surface area contributed by atoms with Crippen LogP contribution >= 0.6 is 11.6 Å². The van der Waals surface area contributed by atoms with Crippen molar-refractivity contribution in [3.8, 4) is 5.75 Å². The molecule has 1 fully saturated rings. The van der Waals surface area contributed by atoms with Crippen molar-refractivity contribution in [1.82, 2.24) is 14.9 Å². The molecule has 2 aromatic heterocycles. The van der Waals surface area contributed by atoms with E-state index in [9.17, 15) is 18.3 Å². The van der Waals surface area contributed by atoms with Crippen molar-refractivity contribution in [2.24, 2.45) is 0 Å². The summed E-state index contributed by atoms with van der Waals surface area (Å²) in [6.07, 6.45) is -1.76. The molecule has 0 saturated carbocycles. The predicted octanol–water partition coefficient (Wildman–Crippen LogP) is 6.34. The third-order valence-electron chi connectivity index (χ3n) is 7.65. The van der Waals surface area contributed by atoms with Crippen LogP contribution in [0.4, 0.5) is 13.2 Å². The minimum absolute atomic E-state index is 0.292. The summed E-state index contributed by atoms with van der Waals surface area (Å²) < 4.78 is 49.0. The molecule has 5 nitrogen and oxygen atoms in total. The van der Waals surface area contributed by atoms with E-state index in [1.807, 2.05) is 12.1 Å². The fraction of sp³-hybridized carbons (Fsp3) is 0.536. The van der Waals surface area contributed by atoms with E-state index >= 15 is 0 Å². The summed E-state index contributed by atoms with van der Waals surface area (Å²) in [6.45, 7) is 6.64. The quantitative estimate of drug-likeness (QED) is 0.370. The first-order chi connectivity index (χ1) is 17.4. The van der Waals surface area contributed by atoms with Crippen molar-refractivity contribution < 1.29 is 23.0 Å². The number of nitrogens with zero attached hydrogens (tertiary/aromatic N) is 2. The smallest absolute Gasteiger partial charge is 0.417 e. The molecular weight excluding hydrogens is 503 g/mol. The van der Waals surface area contributed by atoms with Gasteiger partial charge in [-0.25, -0.2) is 4.98 Å². The Bertz CT molecular complexity index is 1280. The Hall–Kier alpha value is -2.29. The summed E-state index contributed by atoms with van der Waals surface area (Å²) in [6, 6.07) is 8.83. The fourth-order valence-electron chi connectivity index (χ4n) is 5.81. The molecular formula is C28H33ClF3N3O2. The maximum absolute atomic E-state index is 14.4. The minimum Gasteiger partial charge on any atom is -0.493 e. The largest absolute Gasteiger partial charge is 0.493 e. The molecule has 2 aliphatic heterocycles. The second-order valence-electron chi connectivity index (χ2n) is 11.2. The van der Waals surface area contributed by atoms with E-state index in [4.69, 9.17) is 16.3 Å². The van der Waals surface area contributed by atoms with Gasteiger partial charge in [0.15, 0.2) is 5.60 Å². The van der Waals surface area contributed by atoms with Crippen LogP contribution in [0.5, 0.6) is 5.75 Å². The number of halogens is 4. The van der Waals surface area contributed by atoms with Crippen LogP contribution in [0.25, 0.3) is 11.0 Å². The van der Waals surface area contributed by atoms with Gasteiger partial charge >= 0.3 is 6.18 Å². The van der Waals surface area contributed by atoms with Crippen molar-refractivity contribution in [2.75, 3.05) is 19.7 Å². The zero-order chi connectivity index (χ0) is 26.4. The van der Waals surface area contributed by atoms with Crippen molar-refractivity contribution in [3.05, 3.63) is 57.9 Å². The van der Waals surface area contributed by atoms with Crippen LogP contribution in [0.1, 0.15) is 62.0 Å². The van der Waals surface area contributed by atoms with E-state index in [0.717, 1.165) is 30.9 Å². The van der Waals surface area contributed by atoms with Gasteiger partial charge in [-0.1, -0.05) is 31.9 Å². The lowest BCUT2D eigenvalue weighted by molar-refractivity contribution is -0.266. The average molecular weight is 536 g/mol. The van der Waals surface area contributed by atoms with Crippen LogP contribution in [0.3, 0.4) is 0 Å². The van der Waals surface area contributed by atoms with E-state index in [0.29, 0.717) is 46.1 Å². The molecule has 1 unspecified atom stereocenters. The van der Waals surface area contributed by atoms with Crippen LogP contribution in [0, 0.1) is 0 Å². The predicted molar refractivity (Wildman–Crippen MR) is 138 cm³/mol. The molecule has 0 bridgehead atoms. The monoisotopic (exact) mass is 535 g/mol. The Morgan fingerprint density at radius 2 is 1.86 bits per heavy atom. The highest BCUT2D eigenvalue weighted by atomic mass is 35.5. The summed E-state index contributed by atoms with van der Waals surface area (Å²) in [5, 5.41) is 11.6. The first-order valence-electron chi connectivity index (χ1n) is 12.9. The fourth-order valence-corrected chi connectivity index (χ4v) is 6.05. The highest BCUT2D eigenvalue weighted by molar-refractivity contribution is 6.30. The molecule has 200 valence electrons. The van der Waals surface area contributed by atoms with Gasteiger partial charge in [-0.3, -0.25) is 4.90 Å². The molecule has 0 aliphatic carbocycles. The molecule has 1 saturated heterocycles. The summed E-state index contributed by atoms with van der Waals surface area (Å²) >= 11 is 6.29. The number of hydrogen-bond donors (Lipinski definition) is 2. The number of benzene rings is 1. The number of aromatic nitrogens is 2. The Morgan fingerprint density at radius 1 is 1.11 bits per heavy atom. The van der Waals surface area contributed by atoms with Crippen molar-refractivity contribution in [2.45, 2.75) is 76.1 Å². The Morgan fingerprint density at radius 3 is 2.59 bits per heavy atom. The third-order valence-corrected chi connectivity index (χ3v) is 7.86. The molecule has 5 rings (SSSR count). The third kappa shape index (κ3) is 5.47. The van der Waals surface area contributed by atoms with E-state index < -0.39 is 30.0 Å². The first-order valence-corrected chi connectivity index (χ1v) is 13.3. The van der Waals surface area contributed by atoms with Gasteiger partial charge in [-0.05, 0) is 73.7 Å². The van der Waals surface area contributed by atoms with Gasteiger partial charge in [0.2, 0.25) is 0 Å². The molecule has 9 heteroatoms. The number of nitrogens with one attached hydrogen (secondary N) is 1. The number of aliphatic hydroxyl groups is 1. The van der Waals surface area contributed by atoms with Gasteiger partial charge < -0.3 is 14.8 Å². The maximum atomic E-state index is 14.4.